The topological polar surface area (TPSA) is 27.1 Å². The van der Waals surface area contributed by atoms with Gasteiger partial charge in [-0.2, -0.15) is 0 Å². The first-order valence-corrected chi connectivity index (χ1v) is 8.11. The predicted octanol–water partition coefficient (Wildman–Crippen LogP) is 4.98. The van der Waals surface area contributed by atoms with Crippen LogP contribution in [0.3, 0.4) is 0 Å². The van der Waals surface area contributed by atoms with Crippen LogP contribution in [0, 0.1) is 13.8 Å². The molecule has 0 fully saturated rings. The van der Waals surface area contributed by atoms with Gasteiger partial charge in [0, 0.05) is 27.1 Å². The van der Waals surface area contributed by atoms with Crippen molar-refractivity contribution in [1.82, 2.24) is 8.96 Å². The van der Waals surface area contributed by atoms with Gasteiger partial charge in [-0.3, -0.25) is 8.96 Å². The predicted molar refractivity (Wildman–Crippen MR) is 91.2 cm³/mol. The molecular formula is C16H15BrN2OS. The summed E-state index contributed by atoms with van der Waals surface area (Å²) in [6.07, 6.45) is 5.77. The highest BCUT2D eigenvalue weighted by Crippen LogP contribution is 2.33. The maximum Gasteiger partial charge on any atom is 0.124 e. The molecule has 0 aliphatic carbocycles. The normalized spacial score (nSPS) is 11.0. The number of rotatable bonds is 3. The second-order valence-electron chi connectivity index (χ2n) is 4.88. The number of methoxy groups -OCH3 is 1. The Morgan fingerprint density at radius 2 is 1.90 bits per heavy atom. The Labute approximate surface area is 136 Å². The number of hydrogen-bond acceptors (Lipinski definition) is 3. The van der Waals surface area contributed by atoms with Crippen LogP contribution in [0.4, 0.5) is 0 Å². The van der Waals surface area contributed by atoms with Crippen LogP contribution in [0.15, 0.2) is 46.2 Å². The average molecular weight is 363 g/mol. The molecule has 2 heterocycles. The fourth-order valence-corrected chi connectivity index (χ4v) is 3.98. The van der Waals surface area contributed by atoms with Crippen molar-refractivity contribution >= 4 is 38.8 Å². The molecule has 0 aliphatic rings. The van der Waals surface area contributed by atoms with Crippen LogP contribution in [0.5, 0.6) is 5.75 Å². The summed E-state index contributed by atoms with van der Waals surface area (Å²) in [7, 11) is 1.71. The molecule has 5 heteroatoms. The van der Waals surface area contributed by atoms with Crippen molar-refractivity contribution in [3.05, 3.63) is 52.4 Å². The third-order valence-corrected chi connectivity index (χ3v) is 4.97. The lowest BCUT2D eigenvalue weighted by Gasteiger charge is -2.11. The first-order chi connectivity index (χ1) is 10.1. The first kappa shape index (κ1) is 14.5. The minimum Gasteiger partial charge on any atom is -0.496 e. The molecule has 108 valence electrons. The molecule has 0 N–H and O–H groups in total. The molecule has 3 aromatic rings. The molecule has 0 bridgehead atoms. The summed E-state index contributed by atoms with van der Waals surface area (Å²) in [4.78, 5) is 5.43. The summed E-state index contributed by atoms with van der Waals surface area (Å²) in [5.74, 6) is 0.959. The third-order valence-electron chi connectivity index (χ3n) is 3.37. The van der Waals surface area contributed by atoms with Crippen molar-refractivity contribution in [3.8, 4) is 5.75 Å². The fourth-order valence-electron chi connectivity index (χ4n) is 2.48. The summed E-state index contributed by atoms with van der Waals surface area (Å²) < 4.78 is 8.57. The SMILES string of the molecule is COc1c(C)cc(Sn2ccc3c(Br)cncc32)cc1C. The van der Waals surface area contributed by atoms with Crippen LogP contribution in [-0.4, -0.2) is 16.1 Å². The number of pyridine rings is 1. The summed E-state index contributed by atoms with van der Waals surface area (Å²) in [5.41, 5.74) is 3.40. The van der Waals surface area contributed by atoms with E-state index in [1.807, 2.05) is 12.4 Å². The van der Waals surface area contributed by atoms with Crippen LogP contribution < -0.4 is 4.74 Å². The Morgan fingerprint density at radius 1 is 1.19 bits per heavy atom. The average Bonchev–Trinajstić information content (AvgIpc) is 2.83. The van der Waals surface area contributed by atoms with Gasteiger partial charge in [-0.1, -0.05) is 0 Å². The Kier molecular flexibility index (Phi) is 3.95. The van der Waals surface area contributed by atoms with E-state index in [0.717, 1.165) is 26.9 Å². The van der Waals surface area contributed by atoms with E-state index in [-0.39, 0.29) is 0 Å². The number of ether oxygens (including phenoxy) is 1. The van der Waals surface area contributed by atoms with Crippen LogP contribution >= 0.6 is 27.9 Å². The van der Waals surface area contributed by atoms with Crippen molar-refractivity contribution < 1.29 is 4.74 Å². The molecule has 0 spiro atoms. The van der Waals surface area contributed by atoms with E-state index in [0.29, 0.717) is 0 Å². The number of aryl methyl sites for hydroxylation is 2. The lowest BCUT2D eigenvalue weighted by Crippen LogP contribution is -1.93. The first-order valence-electron chi connectivity index (χ1n) is 6.54. The summed E-state index contributed by atoms with van der Waals surface area (Å²) in [6.45, 7) is 4.14. The number of fused-ring (bicyclic) bond motifs is 1. The van der Waals surface area contributed by atoms with Gasteiger partial charge >= 0.3 is 0 Å². The Bertz CT molecular complexity index is 790. The minimum atomic E-state index is 0.959. The van der Waals surface area contributed by atoms with Crippen molar-refractivity contribution in [2.45, 2.75) is 18.7 Å². The number of aromatic nitrogens is 2. The quantitative estimate of drug-likeness (QED) is 0.657. The van der Waals surface area contributed by atoms with Crippen LogP contribution in [-0.2, 0) is 0 Å². The highest BCUT2D eigenvalue weighted by molar-refractivity contribution is 9.10. The van der Waals surface area contributed by atoms with Gasteiger partial charge in [-0.25, -0.2) is 0 Å². The molecule has 21 heavy (non-hydrogen) atoms. The van der Waals surface area contributed by atoms with Gasteiger partial charge in [0.05, 0.1) is 18.8 Å². The van der Waals surface area contributed by atoms with E-state index in [9.17, 15) is 0 Å². The highest BCUT2D eigenvalue weighted by Gasteiger charge is 2.09. The largest absolute Gasteiger partial charge is 0.496 e. The summed E-state index contributed by atoms with van der Waals surface area (Å²) >= 11 is 5.22. The molecule has 1 aromatic carbocycles. The number of benzene rings is 1. The van der Waals surface area contributed by atoms with Gasteiger partial charge in [-0.05, 0) is 71.1 Å². The molecule has 0 saturated carbocycles. The van der Waals surface area contributed by atoms with Gasteiger partial charge in [-0.15, -0.1) is 0 Å². The van der Waals surface area contributed by atoms with E-state index >= 15 is 0 Å². The molecule has 0 radical (unpaired) electrons. The highest BCUT2D eigenvalue weighted by atomic mass is 79.9. The lowest BCUT2D eigenvalue weighted by atomic mass is 10.1. The maximum absolute atomic E-state index is 5.42. The van der Waals surface area contributed by atoms with Crippen LogP contribution in [0.25, 0.3) is 10.9 Å². The Morgan fingerprint density at radius 3 is 2.57 bits per heavy atom. The van der Waals surface area contributed by atoms with Gasteiger partial charge in [0.1, 0.15) is 5.75 Å². The Balaban J connectivity index is 2.01. The smallest absolute Gasteiger partial charge is 0.124 e. The second-order valence-corrected chi connectivity index (χ2v) is 6.78. The van der Waals surface area contributed by atoms with Gasteiger partial charge < -0.3 is 4.74 Å². The van der Waals surface area contributed by atoms with E-state index in [1.54, 1.807) is 19.1 Å². The zero-order chi connectivity index (χ0) is 15.0. The van der Waals surface area contributed by atoms with E-state index in [1.165, 1.54) is 10.3 Å². The summed E-state index contributed by atoms with van der Waals surface area (Å²) in [6, 6.07) is 6.39. The lowest BCUT2D eigenvalue weighted by molar-refractivity contribution is 0.408. The molecule has 0 aliphatic heterocycles. The van der Waals surface area contributed by atoms with Crippen molar-refractivity contribution in [2.75, 3.05) is 7.11 Å². The van der Waals surface area contributed by atoms with Gasteiger partial charge in [0.25, 0.3) is 0 Å². The third kappa shape index (κ3) is 2.68. The molecule has 3 nitrogen and oxygen atoms in total. The van der Waals surface area contributed by atoms with Gasteiger partial charge in [0.15, 0.2) is 0 Å². The zero-order valence-electron chi connectivity index (χ0n) is 12.1. The number of halogens is 1. The maximum atomic E-state index is 5.42. The van der Waals surface area contributed by atoms with E-state index < -0.39 is 0 Å². The minimum absolute atomic E-state index is 0.959. The Hall–Kier alpha value is -1.46. The van der Waals surface area contributed by atoms with Gasteiger partial charge in [0.2, 0.25) is 0 Å². The standard InChI is InChI=1S/C16H15BrN2OS/c1-10-6-12(7-11(2)16(10)20-3)21-19-5-4-13-14(17)8-18-9-15(13)19/h4-9H,1-3H3. The molecule has 0 saturated heterocycles. The van der Waals surface area contributed by atoms with Crippen molar-refractivity contribution in [1.29, 1.82) is 0 Å². The number of hydrogen-bond donors (Lipinski definition) is 0. The monoisotopic (exact) mass is 362 g/mol. The molecule has 0 atom stereocenters. The van der Waals surface area contributed by atoms with Crippen LogP contribution in [0.2, 0.25) is 0 Å². The van der Waals surface area contributed by atoms with E-state index in [2.05, 4.69) is 63.1 Å². The van der Waals surface area contributed by atoms with Crippen LogP contribution in [0.1, 0.15) is 11.1 Å². The molecule has 0 amide bonds. The second kappa shape index (κ2) is 5.73. The molecular weight excluding hydrogens is 348 g/mol. The van der Waals surface area contributed by atoms with E-state index in [4.69, 9.17) is 4.74 Å². The van der Waals surface area contributed by atoms with Crippen molar-refractivity contribution in [3.63, 3.8) is 0 Å². The van der Waals surface area contributed by atoms with Crippen molar-refractivity contribution in [2.24, 2.45) is 0 Å². The summed E-state index contributed by atoms with van der Waals surface area (Å²) in [5, 5.41) is 1.17. The molecule has 3 rings (SSSR count). The molecule has 0 unspecified atom stereocenters. The molecule has 2 aromatic heterocycles. The zero-order valence-corrected chi connectivity index (χ0v) is 14.5. The fraction of sp³-hybridized carbons (Fsp3) is 0.188. The number of nitrogens with zero attached hydrogens (tertiary/aromatic N) is 2.